The molecule has 1 aromatic carbocycles. The van der Waals surface area contributed by atoms with Crippen LogP contribution in [0.4, 0.5) is 0 Å². The lowest BCUT2D eigenvalue weighted by atomic mass is 10.1. The number of hydrogen-bond acceptors (Lipinski definition) is 4. The van der Waals surface area contributed by atoms with E-state index >= 15 is 0 Å². The van der Waals surface area contributed by atoms with E-state index in [0.29, 0.717) is 22.9 Å². The zero-order valence-corrected chi connectivity index (χ0v) is 14.3. The summed E-state index contributed by atoms with van der Waals surface area (Å²) in [6.07, 6.45) is 5.20. The molecule has 126 valence electrons. The lowest BCUT2D eigenvalue weighted by molar-refractivity contribution is 0.0935. The van der Waals surface area contributed by atoms with E-state index in [1.807, 2.05) is 31.2 Å². The zero-order valence-electron chi connectivity index (χ0n) is 14.3. The number of aryl methyl sites for hydroxylation is 2. The highest BCUT2D eigenvalue weighted by atomic mass is 16.5. The van der Waals surface area contributed by atoms with Crippen LogP contribution in [0, 0.1) is 19.3 Å². The topological polar surface area (TPSA) is 65.4 Å². The first-order valence-electron chi connectivity index (χ1n) is 7.52. The van der Waals surface area contributed by atoms with Crippen LogP contribution in [0.15, 0.2) is 24.3 Å². The first-order chi connectivity index (χ1) is 11.5. The summed E-state index contributed by atoms with van der Waals surface area (Å²) in [5.41, 5.74) is 1.97. The van der Waals surface area contributed by atoms with Crippen molar-refractivity contribution in [2.75, 3.05) is 13.7 Å². The van der Waals surface area contributed by atoms with Crippen molar-refractivity contribution in [1.29, 1.82) is 0 Å². The Hall–Kier alpha value is -2.94. The van der Waals surface area contributed by atoms with Crippen molar-refractivity contribution in [3.63, 3.8) is 0 Å². The molecule has 0 saturated heterocycles. The predicted molar refractivity (Wildman–Crippen MR) is 91.1 cm³/mol. The van der Waals surface area contributed by atoms with Crippen molar-refractivity contribution in [2.24, 2.45) is 7.05 Å². The highest BCUT2D eigenvalue weighted by Gasteiger charge is 2.22. The number of rotatable bonds is 6. The summed E-state index contributed by atoms with van der Waals surface area (Å²) in [6.45, 7) is 3.88. The average molecular weight is 327 g/mol. The summed E-state index contributed by atoms with van der Waals surface area (Å²) < 4.78 is 12.2. The monoisotopic (exact) mass is 327 g/mol. The normalized spacial score (nSPS) is 11.5. The standard InChI is InChI=1S/C18H21N3O3/c1-6-10-24-15-9-7-8-14(11-15)12(2)19-17(22)16-13(3)20-21(4)18(16)23-5/h1,7-9,11-12H,10H2,2-5H3,(H,19,22)/t12-/m0/s1. The number of nitrogens with zero attached hydrogens (tertiary/aromatic N) is 2. The molecule has 0 unspecified atom stereocenters. The van der Waals surface area contributed by atoms with Crippen LogP contribution in [-0.2, 0) is 7.05 Å². The molecule has 0 aliphatic heterocycles. The summed E-state index contributed by atoms with van der Waals surface area (Å²) in [6, 6.07) is 7.25. The van der Waals surface area contributed by atoms with E-state index in [0.717, 1.165) is 5.56 Å². The second kappa shape index (κ2) is 7.55. The molecule has 6 heteroatoms. The highest BCUT2D eigenvalue weighted by molar-refractivity contribution is 5.97. The quantitative estimate of drug-likeness (QED) is 0.827. The van der Waals surface area contributed by atoms with Crippen molar-refractivity contribution in [1.82, 2.24) is 15.1 Å². The zero-order chi connectivity index (χ0) is 17.7. The third-order valence-corrected chi connectivity index (χ3v) is 3.62. The molecule has 0 bridgehead atoms. The van der Waals surface area contributed by atoms with Crippen molar-refractivity contribution in [3.8, 4) is 24.0 Å². The molecule has 1 heterocycles. The van der Waals surface area contributed by atoms with Gasteiger partial charge in [-0.05, 0) is 31.5 Å². The Morgan fingerprint density at radius 2 is 2.25 bits per heavy atom. The van der Waals surface area contributed by atoms with Crippen LogP contribution in [0.5, 0.6) is 11.6 Å². The van der Waals surface area contributed by atoms with Crippen LogP contribution < -0.4 is 14.8 Å². The number of ether oxygens (including phenoxy) is 2. The molecule has 0 saturated carbocycles. The van der Waals surface area contributed by atoms with Crippen LogP contribution in [0.25, 0.3) is 0 Å². The van der Waals surface area contributed by atoms with Gasteiger partial charge in [0.2, 0.25) is 5.88 Å². The van der Waals surface area contributed by atoms with Gasteiger partial charge >= 0.3 is 0 Å². The maximum atomic E-state index is 12.6. The van der Waals surface area contributed by atoms with Gasteiger partial charge < -0.3 is 14.8 Å². The fourth-order valence-electron chi connectivity index (χ4n) is 2.48. The molecule has 6 nitrogen and oxygen atoms in total. The second-order valence-electron chi connectivity index (χ2n) is 5.35. The first-order valence-corrected chi connectivity index (χ1v) is 7.52. The van der Waals surface area contributed by atoms with Gasteiger partial charge in [0.15, 0.2) is 0 Å². The molecule has 0 spiro atoms. The fourth-order valence-corrected chi connectivity index (χ4v) is 2.48. The summed E-state index contributed by atoms with van der Waals surface area (Å²) in [4.78, 5) is 12.6. The largest absolute Gasteiger partial charge is 0.481 e. The second-order valence-corrected chi connectivity index (χ2v) is 5.35. The maximum absolute atomic E-state index is 12.6. The van der Waals surface area contributed by atoms with Gasteiger partial charge in [-0.15, -0.1) is 6.42 Å². The minimum Gasteiger partial charge on any atom is -0.481 e. The number of carbonyl (C=O) groups is 1. The Morgan fingerprint density at radius 1 is 1.50 bits per heavy atom. The van der Waals surface area contributed by atoms with Crippen LogP contribution in [-0.4, -0.2) is 29.4 Å². The van der Waals surface area contributed by atoms with Crippen molar-refractivity contribution in [3.05, 3.63) is 41.1 Å². The fraction of sp³-hybridized carbons (Fsp3) is 0.333. The van der Waals surface area contributed by atoms with Gasteiger partial charge in [-0.25, -0.2) is 4.68 Å². The number of benzene rings is 1. The molecule has 1 amide bonds. The van der Waals surface area contributed by atoms with Crippen molar-refractivity contribution >= 4 is 5.91 Å². The molecule has 1 aromatic heterocycles. The number of amides is 1. The highest BCUT2D eigenvalue weighted by Crippen LogP contribution is 2.23. The Balaban J connectivity index is 2.16. The van der Waals surface area contributed by atoms with E-state index in [2.05, 4.69) is 16.3 Å². The molecule has 0 fully saturated rings. The molecule has 1 N–H and O–H groups in total. The van der Waals surface area contributed by atoms with Crippen LogP contribution in [0.3, 0.4) is 0 Å². The number of hydrogen-bond donors (Lipinski definition) is 1. The first kappa shape index (κ1) is 17.4. The summed E-state index contributed by atoms with van der Waals surface area (Å²) in [7, 11) is 3.25. The van der Waals surface area contributed by atoms with E-state index in [1.54, 1.807) is 18.7 Å². The third kappa shape index (κ3) is 3.69. The van der Waals surface area contributed by atoms with E-state index < -0.39 is 0 Å². The van der Waals surface area contributed by atoms with Crippen LogP contribution >= 0.6 is 0 Å². The Morgan fingerprint density at radius 3 is 2.92 bits per heavy atom. The summed E-state index contributed by atoms with van der Waals surface area (Å²) in [5, 5.41) is 7.18. The van der Waals surface area contributed by atoms with Crippen molar-refractivity contribution in [2.45, 2.75) is 19.9 Å². The minimum absolute atomic E-state index is 0.205. The number of carbonyl (C=O) groups excluding carboxylic acids is 1. The lowest BCUT2D eigenvalue weighted by Gasteiger charge is -2.15. The lowest BCUT2D eigenvalue weighted by Crippen LogP contribution is -2.27. The number of terminal acetylenes is 1. The number of nitrogens with one attached hydrogen (secondary N) is 1. The van der Waals surface area contributed by atoms with E-state index in [4.69, 9.17) is 15.9 Å². The SMILES string of the molecule is C#CCOc1cccc([C@H](C)NC(=O)c2c(C)nn(C)c2OC)c1. The number of aromatic nitrogens is 2. The molecule has 0 radical (unpaired) electrons. The van der Waals surface area contributed by atoms with Gasteiger partial charge in [0.25, 0.3) is 5.91 Å². The van der Waals surface area contributed by atoms with E-state index in [-0.39, 0.29) is 18.6 Å². The van der Waals surface area contributed by atoms with Gasteiger partial charge in [0.1, 0.15) is 17.9 Å². The van der Waals surface area contributed by atoms with Gasteiger partial charge in [0.05, 0.1) is 18.8 Å². The maximum Gasteiger partial charge on any atom is 0.259 e. The Kier molecular flexibility index (Phi) is 5.48. The van der Waals surface area contributed by atoms with E-state index in [9.17, 15) is 4.79 Å². The van der Waals surface area contributed by atoms with Crippen LogP contribution in [0.1, 0.15) is 34.6 Å². The van der Waals surface area contributed by atoms with Crippen molar-refractivity contribution < 1.29 is 14.3 Å². The Labute approximate surface area is 141 Å². The van der Waals surface area contributed by atoms with Crippen LogP contribution in [0.2, 0.25) is 0 Å². The average Bonchev–Trinajstić information content (AvgIpc) is 2.86. The number of methoxy groups -OCH3 is 1. The smallest absolute Gasteiger partial charge is 0.259 e. The summed E-state index contributed by atoms with van der Waals surface area (Å²) in [5.74, 6) is 3.29. The minimum atomic E-state index is -0.236. The van der Waals surface area contributed by atoms with E-state index in [1.165, 1.54) is 7.11 Å². The molecule has 2 rings (SSSR count). The molecular weight excluding hydrogens is 306 g/mol. The predicted octanol–water partition coefficient (Wildman–Crippen LogP) is 2.24. The molecular formula is C18H21N3O3. The van der Waals surface area contributed by atoms with Gasteiger partial charge in [-0.3, -0.25) is 4.79 Å². The Bertz CT molecular complexity index is 774. The van der Waals surface area contributed by atoms with Gasteiger partial charge in [-0.1, -0.05) is 18.1 Å². The molecule has 1 atom stereocenters. The molecule has 0 aliphatic carbocycles. The molecule has 0 aliphatic rings. The summed E-state index contributed by atoms with van der Waals surface area (Å²) >= 11 is 0. The van der Waals surface area contributed by atoms with Gasteiger partial charge in [-0.2, -0.15) is 5.10 Å². The third-order valence-electron chi connectivity index (χ3n) is 3.62. The molecule has 24 heavy (non-hydrogen) atoms. The molecule has 2 aromatic rings. The van der Waals surface area contributed by atoms with Gasteiger partial charge in [0, 0.05) is 7.05 Å².